The molecule has 0 aliphatic rings. The van der Waals surface area contributed by atoms with E-state index in [1.807, 2.05) is 0 Å². The lowest BCUT2D eigenvalue weighted by atomic mass is 10.2. The second-order valence-electron chi connectivity index (χ2n) is 4.65. The van der Waals surface area contributed by atoms with Gasteiger partial charge in [-0.3, -0.25) is 4.21 Å². The van der Waals surface area contributed by atoms with Crippen LogP contribution in [0.25, 0.3) is 0 Å². The monoisotopic (exact) mass is 353 g/mol. The van der Waals surface area contributed by atoms with Gasteiger partial charge in [-0.1, -0.05) is 12.1 Å². The molecule has 0 spiro atoms. The first-order valence-corrected chi connectivity index (χ1v) is 11.4. The Morgan fingerprint density at radius 2 is 1.71 bits per heavy atom. The van der Waals surface area contributed by atoms with Crippen molar-refractivity contribution in [1.29, 1.82) is 0 Å². The van der Waals surface area contributed by atoms with Crippen LogP contribution in [0.2, 0.25) is 0 Å². The quantitative estimate of drug-likeness (QED) is 0.687. The molecule has 9 heteroatoms. The number of hydrogen-bond donors (Lipinski definition) is 1. The summed E-state index contributed by atoms with van der Waals surface area (Å²) >= 11 is 0. The predicted molar refractivity (Wildman–Crippen MR) is 84.0 cm³/mol. The van der Waals surface area contributed by atoms with Crippen molar-refractivity contribution in [3.63, 3.8) is 0 Å². The van der Waals surface area contributed by atoms with E-state index >= 15 is 0 Å². The van der Waals surface area contributed by atoms with Gasteiger partial charge in [-0.25, -0.2) is 16.8 Å². The first kappa shape index (κ1) is 18.3. The zero-order valence-corrected chi connectivity index (χ0v) is 14.1. The van der Waals surface area contributed by atoms with Crippen molar-refractivity contribution in [2.45, 2.75) is 11.4 Å². The van der Waals surface area contributed by atoms with Crippen molar-refractivity contribution in [2.75, 3.05) is 29.3 Å². The summed E-state index contributed by atoms with van der Waals surface area (Å²) in [6.45, 7) is 0.240. The highest BCUT2D eigenvalue weighted by Gasteiger charge is 2.17. The molecular formula is C12H19NO5S3. The van der Waals surface area contributed by atoms with Gasteiger partial charge in [-0.2, -0.15) is 0 Å². The van der Waals surface area contributed by atoms with E-state index in [0.29, 0.717) is 5.56 Å². The van der Waals surface area contributed by atoms with Crippen LogP contribution in [0.4, 0.5) is 0 Å². The van der Waals surface area contributed by atoms with Gasteiger partial charge in [0.15, 0.2) is 9.84 Å². The molecule has 1 atom stereocenters. The molecule has 0 aliphatic carbocycles. The van der Waals surface area contributed by atoms with Gasteiger partial charge in [0.05, 0.1) is 16.4 Å². The fourth-order valence-corrected chi connectivity index (χ4v) is 6.17. The molecule has 0 aliphatic heterocycles. The fourth-order valence-electron chi connectivity index (χ4n) is 1.53. The number of sulfone groups is 2. The smallest absolute Gasteiger partial charge is 0.179 e. The van der Waals surface area contributed by atoms with E-state index in [1.165, 1.54) is 12.1 Å². The minimum Gasteiger partial charge on any atom is -0.326 e. The maximum Gasteiger partial charge on any atom is 0.179 e. The molecule has 0 fully saturated rings. The Morgan fingerprint density at radius 3 is 2.29 bits per heavy atom. The Hall–Kier alpha value is -0.770. The Morgan fingerprint density at radius 1 is 1.10 bits per heavy atom. The number of rotatable bonds is 8. The van der Waals surface area contributed by atoms with E-state index in [1.54, 1.807) is 12.1 Å². The van der Waals surface area contributed by atoms with Gasteiger partial charge in [0.2, 0.25) is 0 Å². The summed E-state index contributed by atoms with van der Waals surface area (Å²) in [5.74, 6) is -0.610. The maximum absolute atomic E-state index is 12.1. The van der Waals surface area contributed by atoms with Crippen molar-refractivity contribution in [1.82, 2.24) is 0 Å². The average Bonchev–Trinajstić information content (AvgIpc) is 2.42. The fraction of sp³-hybridized carbons (Fsp3) is 0.500. The van der Waals surface area contributed by atoms with Crippen LogP contribution in [0.15, 0.2) is 29.2 Å². The maximum atomic E-state index is 12.1. The molecule has 120 valence electrons. The SMILES string of the molecule is CS(=O)(=O)CCS(=O)CCS(=O)(=O)c1cccc(CN)c1. The minimum absolute atomic E-state index is 0.0445. The lowest BCUT2D eigenvalue weighted by Gasteiger charge is -2.06. The largest absolute Gasteiger partial charge is 0.326 e. The lowest BCUT2D eigenvalue weighted by molar-refractivity contribution is 0.596. The van der Waals surface area contributed by atoms with Gasteiger partial charge in [0.25, 0.3) is 0 Å². The van der Waals surface area contributed by atoms with Gasteiger partial charge in [-0.15, -0.1) is 0 Å². The second-order valence-corrected chi connectivity index (χ2v) is 10.7. The molecule has 1 rings (SSSR count). The van der Waals surface area contributed by atoms with Crippen molar-refractivity contribution in [3.8, 4) is 0 Å². The molecule has 0 radical (unpaired) electrons. The molecular weight excluding hydrogens is 334 g/mol. The van der Waals surface area contributed by atoms with Crippen molar-refractivity contribution >= 4 is 30.5 Å². The van der Waals surface area contributed by atoms with Crippen LogP contribution in [-0.2, 0) is 37.0 Å². The van der Waals surface area contributed by atoms with Crippen molar-refractivity contribution < 1.29 is 21.0 Å². The molecule has 0 saturated carbocycles. The van der Waals surface area contributed by atoms with Crippen LogP contribution >= 0.6 is 0 Å². The minimum atomic E-state index is -3.54. The van der Waals surface area contributed by atoms with Crippen molar-refractivity contribution in [3.05, 3.63) is 29.8 Å². The molecule has 2 N–H and O–H groups in total. The Labute approximate surface area is 128 Å². The van der Waals surface area contributed by atoms with Crippen LogP contribution in [-0.4, -0.2) is 50.3 Å². The Balaban J connectivity index is 2.66. The van der Waals surface area contributed by atoms with Crippen LogP contribution < -0.4 is 5.73 Å². The average molecular weight is 353 g/mol. The van der Waals surface area contributed by atoms with E-state index in [-0.39, 0.29) is 34.5 Å². The first-order valence-electron chi connectivity index (χ1n) is 6.18. The van der Waals surface area contributed by atoms with Gasteiger partial charge in [0.1, 0.15) is 9.84 Å². The summed E-state index contributed by atoms with van der Waals surface area (Å²) in [5.41, 5.74) is 6.17. The molecule has 0 saturated heterocycles. The summed E-state index contributed by atoms with van der Waals surface area (Å²) in [5, 5.41) is 0. The highest BCUT2D eigenvalue weighted by atomic mass is 32.2. The summed E-state index contributed by atoms with van der Waals surface area (Å²) in [6, 6.07) is 6.29. The highest BCUT2D eigenvalue weighted by Crippen LogP contribution is 2.13. The molecule has 0 amide bonds. The van der Waals surface area contributed by atoms with Gasteiger partial charge >= 0.3 is 0 Å². The van der Waals surface area contributed by atoms with Gasteiger partial charge in [0, 0.05) is 35.1 Å². The lowest BCUT2D eigenvalue weighted by Crippen LogP contribution is -2.19. The zero-order chi connectivity index (χ0) is 16.1. The molecule has 0 bridgehead atoms. The standard InChI is InChI=1S/C12H19NO5S3/c1-20(15,16)7-5-19(14)6-8-21(17,18)12-4-2-3-11(9-12)10-13/h2-4,9H,5-8,10,13H2,1H3. The van der Waals surface area contributed by atoms with Gasteiger partial charge in [-0.05, 0) is 17.7 Å². The molecule has 0 aromatic heterocycles. The topological polar surface area (TPSA) is 111 Å². The molecule has 1 aromatic rings. The number of benzene rings is 1. The zero-order valence-electron chi connectivity index (χ0n) is 11.7. The highest BCUT2D eigenvalue weighted by molar-refractivity contribution is 7.94. The molecule has 21 heavy (non-hydrogen) atoms. The van der Waals surface area contributed by atoms with E-state index in [2.05, 4.69) is 0 Å². The first-order chi connectivity index (χ1) is 9.64. The summed E-state index contributed by atoms with van der Waals surface area (Å²) in [7, 11) is -8.21. The van der Waals surface area contributed by atoms with Crippen LogP contribution in [0, 0.1) is 0 Å². The van der Waals surface area contributed by atoms with E-state index in [4.69, 9.17) is 5.73 Å². The molecule has 0 heterocycles. The van der Waals surface area contributed by atoms with E-state index < -0.39 is 30.5 Å². The number of nitrogens with two attached hydrogens (primary N) is 1. The summed E-state index contributed by atoms with van der Waals surface area (Å²) < 4.78 is 57.8. The Bertz CT molecular complexity index is 710. The third-order valence-corrected chi connectivity index (χ3v) is 7.25. The number of hydrogen-bond acceptors (Lipinski definition) is 6. The van der Waals surface area contributed by atoms with Crippen molar-refractivity contribution in [2.24, 2.45) is 5.73 Å². The van der Waals surface area contributed by atoms with E-state index in [0.717, 1.165) is 6.26 Å². The molecule has 1 aromatic carbocycles. The third-order valence-electron chi connectivity index (χ3n) is 2.75. The van der Waals surface area contributed by atoms with Crippen LogP contribution in [0.3, 0.4) is 0 Å². The normalized spacial score (nSPS) is 14.0. The molecule has 6 nitrogen and oxygen atoms in total. The van der Waals surface area contributed by atoms with Gasteiger partial charge < -0.3 is 5.73 Å². The summed E-state index contributed by atoms with van der Waals surface area (Å²) in [4.78, 5) is 0.144. The molecule has 1 unspecified atom stereocenters. The van der Waals surface area contributed by atoms with Crippen LogP contribution in [0.5, 0.6) is 0 Å². The van der Waals surface area contributed by atoms with Crippen LogP contribution in [0.1, 0.15) is 5.56 Å². The second kappa shape index (κ2) is 7.48. The predicted octanol–water partition coefficient (Wildman–Crippen LogP) is -0.288. The van der Waals surface area contributed by atoms with E-state index in [9.17, 15) is 21.0 Å². The Kier molecular flexibility index (Phi) is 6.51. The third kappa shape index (κ3) is 6.68. The summed E-state index contributed by atoms with van der Waals surface area (Å²) in [6.07, 6.45) is 1.05.